The molecule has 0 aliphatic heterocycles. The molecule has 32 heavy (non-hydrogen) atoms. The number of rotatable bonds is 13. The molecule has 2 aromatic carbocycles. The summed E-state index contributed by atoms with van der Waals surface area (Å²) in [5.74, 6) is 1.96. The number of methoxy groups -OCH3 is 2. The van der Waals surface area contributed by atoms with Gasteiger partial charge in [-0.2, -0.15) is 0 Å². The number of unbranched alkanes of at least 4 members (excludes halogenated alkanes) is 2. The van der Waals surface area contributed by atoms with E-state index in [1.54, 1.807) is 7.11 Å². The van der Waals surface area contributed by atoms with E-state index in [0.29, 0.717) is 31.1 Å². The van der Waals surface area contributed by atoms with E-state index in [4.69, 9.17) is 14.2 Å². The van der Waals surface area contributed by atoms with Crippen LogP contribution >= 0.6 is 0 Å². The maximum absolute atomic E-state index is 11.1. The van der Waals surface area contributed by atoms with E-state index in [1.165, 1.54) is 7.11 Å². The molecule has 0 saturated carbocycles. The van der Waals surface area contributed by atoms with Gasteiger partial charge in [-0.05, 0) is 56.4 Å². The van der Waals surface area contributed by atoms with E-state index in [2.05, 4.69) is 41.2 Å². The van der Waals surface area contributed by atoms with E-state index in [1.807, 2.05) is 38.1 Å². The molecule has 0 aliphatic rings. The number of benzene rings is 2. The van der Waals surface area contributed by atoms with Crippen LogP contribution in [0.2, 0.25) is 0 Å². The SMILES string of the molecule is CCOc1cc(C=Cc2cccc(C=CCCCCC(=O)OC)c2)c(OC)c(OCC)c1. The summed E-state index contributed by atoms with van der Waals surface area (Å²) in [6, 6.07) is 12.1. The van der Waals surface area contributed by atoms with Crippen LogP contribution in [0.15, 0.2) is 42.5 Å². The first-order valence-electron chi connectivity index (χ1n) is 11.1. The summed E-state index contributed by atoms with van der Waals surface area (Å²) in [5, 5.41) is 0. The van der Waals surface area contributed by atoms with Crippen molar-refractivity contribution < 1.29 is 23.7 Å². The minimum Gasteiger partial charge on any atom is -0.494 e. The van der Waals surface area contributed by atoms with Crippen LogP contribution in [0.3, 0.4) is 0 Å². The Morgan fingerprint density at radius 3 is 2.34 bits per heavy atom. The maximum atomic E-state index is 11.1. The Morgan fingerprint density at radius 1 is 0.906 bits per heavy atom. The predicted molar refractivity (Wildman–Crippen MR) is 130 cm³/mol. The van der Waals surface area contributed by atoms with Gasteiger partial charge in [-0.3, -0.25) is 4.79 Å². The third-order valence-corrected chi connectivity index (χ3v) is 4.78. The Morgan fingerprint density at radius 2 is 1.66 bits per heavy atom. The second-order valence-electron chi connectivity index (χ2n) is 7.14. The van der Waals surface area contributed by atoms with Gasteiger partial charge in [0.05, 0.1) is 27.4 Å². The number of hydrogen-bond acceptors (Lipinski definition) is 5. The van der Waals surface area contributed by atoms with Gasteiger partial charge >= 0.3 is 5.97 Å². The van der Waals surface area contributed by atoms with Gasteiger partial charge in [0.1, 0.15) is 5.75 Å². The van der Waals surface area contributed by atoms with E-state index < -0.39 is 0 Å². The highest BCUT2D eigenvalue weighted by Gasteiger charge is 2.12. The zero-order valence-corrected chi connectivity index (χ0v) is 19.6. The van der Waals surface area contributed by atoms with Crippen LogP contribution in [-0.2, 0) is 9.53 Å². The lowest BCUT2D eigenvalue weighted by Crippen LogP contribution is -1.99. The molecule has 172 valence electrons. The van der Waals surface area contributed by atoms with Gasteiger partial charge in [-0.15, -0.1) is 0 Å². The fraction of sp³-hybridized carbons (Fsp3) is 0.370. The standard InChI is InChI=1S/C27H34O5/c1-5-31-24-19-23(27(30-4)25(20-24)32-6-2)17-16-22-14-11-13-21(18-22)12-9-7-8-10-15-26(28)29-3/h9,11-14,16-20H,5-8,10,15H2,1-4H3. The summed E-state index contributed by atoms with van der Waals surface area (Å²) in [5.41, 5.74) is 3.11. The predicted octanol–water partition coefficient (Wildman–Crippen LogP) is 6.41. The first kappa shape index (κ1) is 25.1. The molecule has 0 aromatic heterocycles. The molecule has 0 heterocycles. The number of allylic oxidation sites excluding steroid dienone is 1. The molecule has 5 nitrogen and oxygen atoms in total. The molecule has 0 spiro atoms. The molecule has 0 fully saturated rings. The minimum absolute atomic E-state index is 0.148. The van der Waals surface area contributed by atoms with Crippen LogP contribution in [0.1, 0.15) is 56.2 Å². The summed E-state index contributed by atoms with van der Waals surface area (Å²) in [6.07, 6.45) is 11.5. The van der Waals surface area contributed by atoms with Crippen molar-refractivity contribution in [2.75, 3.05) is 27.4 Å². The highest BCUT2D eigenvalue weighted by Crippen LogP contribution is 2.37. The molecule has 0 N–H and O–H groups in total. The second kappa shape index (κ2) is 14.0. The van der Waals surface area contributed by atoms with Gasteiger partial charge in [0.2, 0.25) is 0 Å². The zero-order chi connectivity index (χ0) is 23.2. The molecule has 2 aromatic rings. The molecule has 0 bridgehead atoms. The number of carbonyl (C=O) groups is 1. The van der Waals surface area contributed by atoms with Crippen molar-refractivity contribution in [2.45, 2.75) is 39.5 Å². The van der Waals surface area contributed by atoms with Gasteiger partial charge in [0, 0.05) is 18.1 Å². The van der Waals surface area contributed by atoms with Gasteiger partial charge in [-0.25, -0.2) is 0 Å². The van der Waals surface area contributed by atoms with Crippen molar-refractivity contribution in [2.24, 2.45) is 0 Å². The fourth-order valence-electron chi connectivity index (χ4n) is 3.26. The van der Waals surface area contributed by atoms with Crippen molar-refractivity contribution in [1.82, 2.24) is 0 Å². The van der Waals surface area contributed by atoms with Crippen LogP contribution in [0, 0.1) is 0 Å². The largest absolute Gasteiger partial charge is 0.494 e. The third-order valence-electron chi connectivity index (χ3n) is 4.78. The highest BCUT2D eigenvalue weighted by molar-refractivity contribution is 5.76. The molecule has 0 unspecified atom stereocenters. The monoisotopic (exact) mass is 438 g/mol. The molecule has 0 amide bonds. The number of esters is 1. The zero-order valence-electron chi connectivity index (χ0n) is 19.6. The van der Waals surface area contributed by atoms with Gasteiger partial charge in [0.15, 0.2) is 11.5 Å². The summed E-state index contributed by atoms with van der Waals surface area (Å²) in [6.45, 7) is 5.03. The summed E-state index contributed by atoms with van der Waals surface area (Å²) < 4.78 is 21.7. The normalized spacial score (nSPS) is 11.1. The molecular formula is C27H34O5. The third kappa shape index (κ3) is 8.14. The first-order chi connectivity index (χ1) is 15.6. The average molecular weight is 439 g/mol. The van der Waals surface area contributed by atoms with E-state index in [-0.39, 0.29) is 5.97 Å². The lowest BCUT2D eigenvalue weighted by atomic mass is 10.1. The van der Waals surface area contributed by atoms with Crippen LogP contribution in [-0.4, -0.2) is 33.4 Å². The van der Waals surface area contributed by atoms with Crippen molar-refractivity contribution in [3.63, 3.8) is 0 Å². The van der Waals surface area contributed by atoms with Crippen molar-refractivity contribution in [1.29, 1.82) is 0 Å². The molecule has 0 saturated heterocycles. The van der Waals surface area contributed by atoms with Crippen molar-refractivity contribution >= 4 is 24.2 Å². The van der Waals surface area contributed by atoms with Gasteiger partial charge in [0.25, 0.3) is 0 Å². The molecule has 0 atom stereocenters. The van der Waals surface area contributed by atoms with Gasteiger partial charge < -0.3 is 18.9 Å². The van der Waals surface area contributed by atoms with Crippen LogP contribution < -0.4 is 14.2 Å². The quantitative estimate of drug-likeness (QED) is 0.205. The number of hydrogen-bond donors (Lipinski definition) is 0. The Balaban J connectivity index is 2.10. The summed E-state index contributed by atoms with van der Waals surface area (Å²) >= 11 is 0. The maximum Gasteiger partial charge on any atom is 0.305 e. The summed E-state index contributed by atoms with van der Waals surface area (Å²) in [4.78, 5) is 11.1. The first-order valence-corrected chi connectivity index (χ1v) is 11.1. The molecule has 0 aliphatic carbocycles. The van der Waals surface area contributed by atoms with Crippen LogP contribution in [0.5, 0.6) is 17.2 Å². The summed E-state index contributed by atoms with van der Waals surface area (Å²) in [7, 11) is 3.07. The molecular weight excluding hydrogens is 404 g/mol. The van der Waals surface area contributed by atoms with E-state index in [9.17, 15) is 4.79 Å². The lowest BCUT2D eigenvalue weighted by Gasteiger charge is -2.14. The highest BCUT2D eigenvalue weighted by atomic mass is 16.5. The molecule has 2 rings (SSSR count). The van der Waals surface area contributed by atoms with E-state index >= 15 is 0 Å². The molecule has 5 heteroatoms. The Kier molecular flexibility index (Phi) is 10.9. The fourth-order valence-corrected chi connectivity index (χ4v) is 3.26. The van der Waals surface area contributed by atoms with Gasteiger partial charge in [-0.1, -0.05) is 42.5 Å². The van der Waals surface area contributed by atoms with E-state index in [0.717, 1.165) is 41.7 Å². The number of ether oxygens (including phenoxy) is 4. The Labute approximate surface area is 191 Å². The molecule has 0 radical (unpaired) electrons. The minimum atomic E-state index is -0.148. The Hall–Kier alpha value is -3.21. The average Bonchev–Trinajstić information content (AvgIpc) is 2.80. The number of carbonyl (C=O) groups excluding carboxylic acids is 1. The van der Waals surface area contributed by atoms with Crippen LogP contribution in [0.25, 0.3) is 18.2 Å². The van der Waals surface area contributed by atoms with Crippen LogP contribution in [0.4, 0.5) is 0 Å². The topological polar surface area (TPSA) is 54.0 Å². The second-order valence-corrected chi connectivity index (χ2v) is 7.14. The van der Waals surface area contributed by atoms with Crippen molar-refractivity contribution in [3.8, 4) is 17.2 Å². The smallest absolute Gasteiger partial charge is 0.305 e. The lowest BCUT2D eigenvalue weighted by molar-refractivity contribution is -0.140. The Bertz CT molecular complexity index is 914. The van der Waals surface area contributed by atoms with Crippen molar-refractivity contribution in [3.05, 3.63) is 59.2 Å².